The van der Waals surface area contributed by atoms with Crippen molar-refractivity contribution in [3.63, 3.8) is 0 Å². The molecule has 3 N–H and O–H groups in total. The number of carbonyl (C=O) groups is 1. The molecular formula is C10H23N3O. The second-order valence-electron chi connectivity index (χ2n) is 3.88. The number of amides is 1. The summed E-state index contributed by atoms with van der Waals surface area (Å²) in [6.07, 6.45) is 0.686. The van der Waals surface area contributed by atoms with Crippen molar-refractivity contribution < 1.29 is 4.79 Å². The Morgan fingerprint density at radius 1 is 1.50 bits per heavy atom. The van der Waals surface area contributed by atoms with Gasteiger partial charge >= 0.3 is 0 Å². The molecule has 0 unspecified atom stereocenters. The van der Waals surface area contributed by atoms with Crippen molar-refractivity contribution in [3.05, 3.63) is 0 Å². The van der Waals surface area contributed by atoms with Crippen LogP contribution in [0.3, 0.4) is 0 Å². The summed E-state index contributed by atoms with van der Waals surface area (Å²) in [7, 11) is 2.04. The van der Waals surface area contributed by atoms with Crippen LogP contribution in [-0.4, -0.2) is 43.0 Å². The summed E-state index contributed by atoms with van der Waals surface area (Å²) in [5.41, 5.74) is 5.57. The molecule has 14 heavy (non-hydrogen) atoms. The lowest BCUT2D eigenvalue weighted by atomic mass is 10.2. The van der Waals surface area contributed by atoms with E-state index >= 15 is 0 Å². The molecule has 0 saturated carbocycles. The van der Waals surface area contributed by atoms with Crippen molar-refractivity contribution in [1.29, 1.82) is 0 Å². The largest absolute Gasteiger partial charge is 0.353 e. The Kier molecular flexibility index (Phi) is 6.49. The Balaban J connectivity index is 3.59. The van der Waals surface area contributed by atoms with Gasteiger partial charge in [-0.1, -0.05) is 6.92 Å². The molecule has 0 aliphatic heterocycles. The van der Waals surface area contributed by atoms with E-state index in [1.165, 1.54) is 0 Å². The minimum absolute atomic E-state index is 0.0512. The molecule has 0 fully saturated rings. The van der Waals surface area contributed by atoms with E-state index in [4.69, 9.17) is 5.73 Å². The zero-order chi connectivity index (χ0) is 11.1. The molecule has 0 rings (SSSR count). The lowest BCUT2D eigenvalue weighted by Crippen LogP contribution is -2.43. The quantitative estimate of drug-likeness (QED) is 0.644. The van der Waals surface area contributed by atoms with E-state index in [0.717, 1.165) is 6.54 Å². The maximum atomic E-state index is 11.3. The third kappa shape index (κ3) is 5.19. The lowest BCUT2D eigenvalue weighted by Gasteiger charge is -2.21. The normalized spacial score (nSPS) is 13.4. The van der Waals surface area contributed by atoms with E-state index in [-0.39, 0.29) is 11.9 Å². The smallest absolute Gasteiger partial charge is 0.236 e. The van der Waals surface area contributed by atoms with Crippen molar-refractivity contribution in [2.75, 3.05) is 20.1 Å². The van der Waals surface area contributed by atoms with E-state index in [2.05, 4.69) is 24.1 Å². The summed E-state index contributed by atoms with van der Waals surface area (Å²) < 4.78 is 0. The van der Waals surface area contributed by atoms with Gasteiger partial charge in [-0.3, -0.25) is 4.79 Å². The SMILES string of the molecule is CC[C@@H](N)C(=O)NCCN(C)C(C)C. The van der Waals surface area contributed by atoms with Crippen LogP contribution in [-0.2, 0) is 4.79 Å². The summed E-state index contributed by atoms with van der Waals surface area (Å²) in [5, 5.41) is 2.81. The summed E-state index contributed by atoms with van der Waals surface area (Å²) >= 11 is 0. The fourth-order valence-corrected chi connectivity index (χ4v) is 0.930. The van der Waals surface area contributed by atoms with Gasteiger partial charge in [-0.2, -0.15) is 0 Å². The second-order valence-corrected chi connectivity index (χ2v) is 3.88. The van der Waals surface area contributed by atoms with Crippen molar-refractivity contribution >= 4 is 5.91 Å². The molecule has 0 aromatic heterocycles. The van der Waals surface area contributed by atoms with E-state index in [9.17, 15) is 4.79 Å². The molecule has 1 atom stereocenters. The van der Waals surface area contributed by atoms with Gasteiger partial charge in [-0.05, 0) is 27.3 Å². The molecular weight excluding hydrogens is 178 g/mol. The molecule has 0 bridgehead atoms. The molecule has 0 radical (unpaired) electrons. The highest BCUT2D eigenvalue weighted by Crippen LogP contribution is 1.91. The average Bonchev–Trinajstić information content (AvgIpc) is 2.15. The van der Waals surface area contributed by atoms with Crippen LogP contribution in [0.5, 0.6) is 0 Å². The first-order chi connectivity index (χ1) is 6.49. The van der Waals surface area contributed by atoms with E-state index < -0.39 is 0 Å². The van der Waals surface area contributed by atoms with Crippen molar-refractivity contribution in [1.82, 2.24) is 10.2 Å². The number of carbonyl (C=O) groups excluding carboxylic acids is 1. The molecule has 0 aliphatic carbocycles. The van der Waals surface area contributed by atoms with Crippen molar-refractivity contribution in [2.24, 2.45) is 5.73 Å². The van der Waals surface area contributed by atoms with Crippen molar-refractivity contribution in [3.8, 4) is 0 Å². The van der Waals surface area contributed by atoms with Crippen LogP contribution in [0.4, 0.5) is 0 Å². The van der Waals surface area contributed by atoms with Gasteiger partial charge in [0.15, 0.2) is 0 Å². The highest BCUT2D eigenvalue weighted by Gasteiger charge is 2.10. The fourth-order valence-electron chi connectivity index (χ4n) is 0.930. The number of likely N-dealkylation sites (N-methyl/N-ethyl adjacent to an activating group) is 1. The second kappa shape index (κ2) is 6.79. The van der Waals surface area contributed by atoms with Crippen LogP contribution in [0.1, 0.15) is 27.2 Å². The summed E-state index contributed by atoms with van der Waals surface area (Å²) in [6, 6.07) is 0.145. The summed E-state index contributed by atoms with van der Waals surface area (Å²) in [4.78, 5) is 13.4. The Bertz CT molecular complexity index is 171. The van der Waals surface area contributed by atoms with Gasteiger partial charge in [0.2, 0.25) is 5.91 Å². The Morgan fingerprint density at radius 2 is 2.07 bits per heavy atom. The Morgan fingerprint density at radius 3 is 2.50 bits per heavy atom. The van der Waals surface area contributed by atoms with Gasteiger partial charge in [0, 0.05) is 19.1 Å². The average molecular weight is 201 g/mol. The molecule has 0 aromatic carbocycles. The zero-order valence-corrected chi connectivity index (χ0v) is 9.71. The fraction of sp³-hybridized carbons (Fsp3) is 0.900. The molecule has 0 saturated heterocycles. The van der Waals surface area contributed by atoms with E-state index in [1.54, 1.807) is 0 Å². The Hall–Kier alpha value is -0.610. The minimum atomic E-state index is -0.362. The first-order valence-electron chi connectivity index (χ1n) is 5.22. The van der Waals surface area contributed by atoms with Gasteiger partial charge in [-0.25, -0.2) is 0 Å². The Labute approximate surface area is 86.8 Å². The topological polar surface area (TPSA) is 58.4 Å². The first kappa shape index (κ1) is 13.4. The monoisotopic (exact) mass is 201 g/mol. The highest BCUT2D eigenvalue weighted by atomic mass is 16.2. The summed E-state index contributed by atoms with van der Waals surface area (Å²) in [6.45, 7) is 7.69. The first-order valence-corrected chi connectivity index (χ1v) is 5.22. The molecule has 0 heterocycles. The van der Waals surface area contributed by atoms with E-state index in [1.807, 2.05) is 14.0 Å². The maximum Gasteiger partial charge on any atom is 0.236 e. The molecule has 0 aromatic rings. The maximum absolute atomic E-state index is 11.3. The number of nitrogens with zero attached hydrogens (tertiary/aromatic N) is 1. The van der Waals surface area contributed by atoms with Crippen LogP contribution < -0.4 is 11.1 Å². The van der Waals surface area contributed by atoms with Gasteiger partial charge in [0.25, 0.3) is 0 Å². The van der Waals surface area contributed by atoms with Gasteiger partial charge in [0.1, 0.15) is 0 Å². The summed E-state index contributed by atoms with van der Waals surface area (Å²) in [5.74, 6) is -0.0512. The van der Waals surface area contributed by atoms with Crippen LogP contribution in [0, 0.1) is 0 Å². The number of nitrogens with one attached hydrogen (secondary N) is 1. The predicted octanol–water partition coefficient (Wildman–Crippen LogP) is 0.180. The van der Waals surface area contributed by atoms with Crippen LogP contribution in [0.15, 0.2) is 0 Å². The molecule has 4 heteroatoms. The van der Waals surface area contributed by atoms with Crippen LogP contribution >= 0.6 is 0 Å². The number of nitrogens with two attached hydrogens (primary N) is 1. The third-order valence-corrected chi connectivity index (χ3v) is 2.42. The minimum Gasteiger partial charge on any atom is -0.353 e. The number of hydrogen-bond donors (Lipinski definition) is 2. The standard InChI is InChI=1S/C10H23N3O/c1-5-9(11)10(14)12-6-7-13(4)8(2)3/h8-9H,5-7,11H2,1-4H3,(H,12,14)/t9-/m1/s1. The highest BCUT2D eigenvalue weighted by molar-refractivity contribution is 5.81. The predicted molar refractivity (Wildman–Crippen MR) is 59.0 cm³/mol. The van der Waals surface area contributed by atoms with Gasteiger partial charge < -0.3 is 16.0 Å². The third-order valence-electron chi connectivity index (χ3n) is 2.42. The number of hydrogen-bond acceptors (Lipinski definition) is 3. The zero-order valence-electron chi connectivity index (χ0n) is 9.71. The molecule has 0 aliphatic rings. The molecule has 84 valence electrons. The lowest BCUT2D eigenvalue weighted by molar-refractivity contribution is -0.122. The van der Waals surface area contributed by atoms with Crippen LogP contribution in [0.2, 0.25) is 0 Å². The van der Waals surface area contributed by atoms with Crippen LogP contribution in [0.25, 0.3) is 0 Å². The molecule has 1 amide bonds. The van der Waals surface area contributed by atoms with E-state index in [0.29, 0.717) is 19.0 Å². The molecule has 4 nitrogen and oxygen atoms in total. The van der Waals surface area contributed by atoms with Gasteiger partial charge in [-0.15, -0.1) is 0 Å². The molecule has 0 spiro atoms. The number of rotatable bonds is 6. The van der Waals surface area contributed by atoms with Crippen molar-refractivity contribution in [2.45, 2.75) is 39.3 Å². The van der Waals surface area contributed by atoms with Gasteiger partial charge in [0.05, 0.1) is 6.04 Å².